The standard InChI is InChI=1S/C16H16N2/c1-2-16(12-17,13-6-4-3-5-7-13)14-8-10-15(18)11-9-14/h3-11H,2,18H2,1H3. The summed E-state index contributed by atoms with van der Waals surface area (Å²) in [5, 5.41) is 9.67. The number of nitrogens with zero attached hydrogens (tertiary/aromatic N) is 1. The molecule has 0 heterocycles. The normalized spacial score (nSPS) is 13.6. The Hall–Kier alpha value is -2.27. The molecule has 0 amide bonds. The molecule has 2 heteroatoms. The van der Waals surface area contributed by atoms with Crippen LogP contribution in [0.5, 0.6) is 0 Å². The van der Waals surface area contributed by atoms with Crippen molar-refractivity contribution < 1.29 is 0 Å². The third kappa shape index (κ3) is 1.96. The molecule has 2 N–H and O–H groups in total. The zero-order valence-corrected chi connectivity index (χ0v) is 10.4. The van der Waals surface area contributed by atoms with Crippen LogP contribution in [0.4, 0.5) is 5.69 Å². The highest BCUT2D eigenvalue weighted by molar-refractivity contribution is 5.49. The summed E-state index contributed by atoms with van der Waals surface area (Å²) >= 11 is 0. The van der Waals surface area contributed by atoms with Crippen LogP contribution >= 0.6 is 0 Å². The van der Waals surface area contributed by atoms with Crippen molar-refractivity contribution >= 4 is 5.69 Å². The van der Waals surface area contributed by atoms with Crippen LogP contribution in [-0.4, -0.2) is 0 Å². The van der Waals surface area contributed by atoms with E-state index >= 15 is 0 Å². The first-order valence-electron chi connectivity index (χ1n) is 6.05. The second kappa shape index (κ2) is 4.93. The van der Waals surface area contributed by atoms with Gasteiger partial charge in [-0.05, 0) is 29.7 Å². The van der Waals surface area contributed by atoms with Crippen LogP contribution in [0.25, 0.3) is 0 Å². The van der Waals surface area contributed by atoms with E-state index in [2.05, 4.69) is 6.07 Å². The van der Waals surface area contributed by atoms with Crippen LogP contribution in [0.2, 0.25) is 0 Å². The SMILES string of the molecule is CCC(C#N)(c1ccccc1)c1ccc(N)cc1. The quantitative estimate of drug-likeness (QED) is 0.829. The van der Waals surface area contributed by atoms with E-state index < -0.39 is 5.41 Å². The molecule has 0 radical (unpaired) electrons. The summed E-state index contributed by atoms with van der Waals surface area (Å²) in [6, 6.07) is 20.0. The first-order chi connectivity index (χ1) is 8.73. The lowest BCUT2D eigenvalue weighted by Crippen LogP contribution is -2.24. The number of anilines is 1. The van der Waals surface area contributed by atoms with Crippen LogP contribution in [-0.2, 0) is 5.41 Å². The molecular weight excluding hydrogens is 220 g/mol. The van der Waals surface area contributed by atoms with Crippen molar-refractivity contribution in [3.05, 3.63) is 65.7 Å². The monoisotopic (exact) mass is 236 g/mol. The summed E-state index contributed by atoms with van der Waals surface area (Å²) in [6.45, 7) is 2.03. The predicted molar refractivity (Wildman–Crippen MR) is 74.0 cm³/mol. The Labute approximate surface area is 108 Å². The molecule has 18 heavy (non-hydrogen) atoms. The molecule has 0 aromatic heterocycles. The van der Waals surface area contributed by atoms with Crippen LogP contribution in [0.3, 0.4) is 0 Å². The molecule has 2 nitrogen and oxygen atoms in total. The van der Waals surface area contributed by atoms with Gasteiger partial charge in [0.2, 0.25) is 0 Å². The van der Waals surface area contributed by atoms with Crippen LogP contribution in [0.1, 0.15) is 24.5 Å². The molecule has 2 rings (SSSR count). The minimum Gasteiger partial charge on any atom is -0.399 e. The highest BCUT2D eigenvalue weighted by atomic mass is 14.5. The predicted octanol–water partition coefficient (Wildman–Crippen LogP) is 3.49. The van der Waals surface area contributed by atoms with Crippen LogP contribution in [0.15, 0.2) is 54.6 Å². The number of nitrogen functional groups attached to an aromatic ring is 1. The van der Waals surface area contributed by atoms with Gasteiger partial charge < -0.3 is 5.73 Å². The maximum Gasteiger partial charge on any atom is 0.107 e. The van der Waals surface area contributed by atoms with E-state index in [0.717, 1.165) is 23.2 Å². The molecular formula is C16H16N2. The van der Waals surface area contributed by atoms with E-state index in [-0.39, 0.29) is 0 Å². The van der Waals surface area contributed by atoms with E-state index in [4.69, 9.17) is 5.73 Å². The summed E-state index contributed by atoms with van der Waals surface area (Å²) in [4.78, 5) is 0. The highest BCUT2D eigenvalue weighted by Gasteiger charge is 2.32. The summed E-state index contributed by atoms with van der Waals surface area (Å²) in [5.74, 6) is 0. The first kappa shape index (κ1) is 12.2. The van der Waals surface area contributed by atoms with Gasteiger partial charge in [-0.1, -0.05) is 49.4 Å². The number of hydrogen-bond donors (Lipinski definition) is 1. The number of nitrogens with two attached hydrogens (primary N) is 1. The third-order valence-electron chi connectivity index (χ3n) is 3.39. The largest absolute Gasteiger partial charge is 0.399 e. The minimum absolute atomic E-state index is 0.588. The van der Waals surface area contributed by atoms with E-state index in [0.29, 0.717) is 0 Å². The number of rotatable bonds is 3. The molecule has 0 saturated carbocycles. The van der Waals surface area contributed by atoms with Gasteiger partial charge in [0.25, 0.3) is 0 Å². The molecule has 0 aliphatic heterocycles. The Morgan fingerprint density at radius 1 is 1.00 bits per heavy atom. The second-order valence-electron chi connectivity index (χ2n) is 4.36. The lowest BCUT2D eigenvalue weighted by molar-refractivity contribution is 0.632. The van der Waals surface area contributed by atoms with Crippen molar-refractivity contribution in [2.75, 3.05) is 5.73 Å². The fourth-order valence-electron chi connectivity index (χ4n) is 2.27. The topological polar surface area (TPSA) is 49.8 Å². The molecule has 1 unspecified atom stereocenters. The fourth-order valence-corrected chi connectivity index (χ4v) is 2.27. The van der Waals surface area contributed by atoms with Crippen LogP contribution < -0.4 is 5.73 Å². The molecule has 0 fully saturated rings. The average molecular weight is 236 g/mol. The zero-order valence-electron chi connectivity index (χ0n) is 10.4. The molecule has 0 aliphatic rings. The Morgan fingerprint density at radius 3 is 2.06 bits per heavy atom. The Balaban J connectivity index is 2.58. The van der Waals surface area contributed by atoms with E-state index in [1.54, 1.807) is 0 Å². The van der Waals surface area contributed by atoms with Gasteiger partial charge in [0, 0.05) is 5.69 Å². The molecule has 0 saturated heterocycles. The van der Waals surface area contributed by atoms with Gasteiger partial charge in [-0.2, -0.15) is 5.26 Å². The van der Waals surface area contributed by atoms with E-state index in [1.807, 2.05) is 61.5 Å². The molecule has 0 bridgehead atoms. The Kier molecular flexibility index (Phi) is 3.34. The summed E-state index contributed by atoms with van der Waals surface area (Å²) in [6.07, 6.45) is 0.734. The van der Waals surface area contributed by atoms with Gasteiger partial charge in [0.15, 0.2) is 0 Å². The fraction of sp³-hybridized carbons (Fsp3) is 0.188. The van der Waals surface area contributed by atoms with Gasteiger partial charge in [-0.25, -0.2) is 0 Å². The lowest BCUT2D eigenvalue weighted by Gasteiger charge is -2.26. The van der Waals surface area contributed by atoms with Gasteiger partial charge in [0.05, 0.1) is 6.07 Å². The van der Waals surface area contributed by atoms with Crippen molar-refractivity contribution in [3.8, 4) is 6.07 Å². The Morgan fingerprint density at radius 2 is 1.56 bits per heavy atom. The highest BCUT2D eigenvalue weighted by Crippen LogP contribution is 2.35. The van der Waals surface area contributed by atoms with Gasteiger partial charge >= 0.3 is 0 Å². The second-order valence-corrected chi connectivity index (χ2v) is 4.36. The molecule has 0 aliphatic carbocycles. The molecule has 2 aromatic rings. The summed E-state index contributed by atoms with van der Waals surface area (Å²) in [7, 11) is 0. The number of hydrogen-bond acceptors (Lipinski definition) is 2. The maximum atomic E-state index is 9.67. The first-order valence-corrected chi connectivity index (χ1v) is 6.05. The van der Waals surface area contributed by atoms with Gasteiger partial charge in [0.1, 0.15) is 5.41 Å². The van der Waals surface area contributed by atoms with Crippen molar-refractivity contribution in [2.45, 2.75) is 18.8 Å². The molecule has 1 atom stereocenters. The average Bonchev–Trinajstić information content (AvgIpc) is 2.44. The minimum atomic E-state index is -0.588. The molecule has 2 aromatic carbocycles. The number of nitriles is 1. The summed E-state index contributed by atoms with van der Waals surface area (Å²) < 4.78 is 0. The molecule has 90 valence electrons. The van der Waals surface area contributed by atoms with Gasteiger partial charge in [-0.3, -0.25) is 0 Å². The summed E-state index contributed by atoms with van der Waals surface area (Å²) in [5.41, 5.74) is 7.86. The maximum absolute atomic E-state index is 9.67. The van der Waals surface area contributed by atoms with Crippen molar-refractivity contribution in [2.24, 2.45) is 0 Å². The van der Waals surface area contributed by atoms with Crippen molar-refractivity contribution in [1.82, 2.24) is 0 Å². The Bertz CT molecular complexity index is 552. The lowest BCUT2D eigenvalue weighted by atomic mass is 9.74. The van der Waals surface area contributed by atoms with Crippen molar-refractivity contribution in [1.29, 1.82) is 5.26 Å². The zero-order chi connectivity index (χ0) is 13.0. The third-order valence-corrected chi connectivity index (χ3v) is 3.39. The number of benzene rings is 2. The molecule has 0 spiro atoms. The smallest absolute Gasteiger partial charge is 0.107 e. The van der Waals surface area contributed by atoms with Crippen LogP contribution in [0, 0.1) is 11.3 Å². The van der Waals surface area contributed by atoms with E-state index in [9.17, 15) is 5.26 Å². The van der Waals surface area contributed by atoms with Gasteiger partial charge in [-0.15, -0.1) is 0 Å². The van der Waals surface area contributed by atoms with E-state index in [1.165, 1.54) is 0 Å². The van der Waals surface area contributed by atoms with Crippen molar-refractivity contribution in [3.63, 3.8) is 0 Å².